The van der Waals surface area contributed by atoms with Crippen LogP contribution in [0, 0.1) is 0 Å². The third-order valence-corrected chi connectivity index (χ3v) is 3.19. The quantitative estimate of drug-likeness (QED) is 0.748. The summed E-state index contributed by atoms with van der Waals surface area (Å²) in [4.78, 5) is 5.23. The number of nitrogen functional groups attached to an aromatic ring is 1. The summed E-state index contributed by atoms with van der Waals surface area (Å²) in [5.74, 6) is 0. The monoisotopic (exact) mass is 209 g/mol. The molecule has 1 aliphatic rings. The highest BCUT2D eigenvalue weighted by atomic mass is 32.1. The second-order valence-corrected chi connectivity index (χ2v) is 4.66. The molecule has 1 aromatic heterocycles. The van der Waals surface area contributed by atoms with E-state index in [0.29, 0.717) is 11.2 Å². The van der Waals surface area contributed by atoms with Gasteiger partial charge in [-0.3, -0.25) is 0 Å². The Kier molecular flexibility index (Phi) is 3.16. The van der Waals surface area contributed by atoms with Crippen LogP contribution in [0.4, 0.5) is 5.13 Å². The van der Waals surface area contributed by atoms with Crippen molar-refractivity contribution in [3.8, 4) is 0 Å². The zero-order valence-electron chi connectivity index (χ0n) is 8.07. The lowest BCUT2D eigenvalue weighted by molar-refractivity contribution is 0.524. The maximum atomic E-state index is 5.55. The van der Waals surface area contributed by atoms with E-state index >= 15 is 0 Å². The number of hydrogen-bond donors (Lipinski definition) is 2. The van der Waals surface area contributed by atoms with Crippen LogP contribution < -0.4 is 11.1 Å². The average Bonchev–Trinajstić information content (AvgIpc) is 2.63. The van der Waals surface area contributed by atoms with E-state index in [4.69, 9.17) is 5.73 Å². The van der Waals surface area contributed by atoms with E-state index in [-0.39, 0.29) is 0 Å². The van der Waals surface area contributed by atoms with Crippen LogP contribution in [0.25, 0.3) is 0 Å². The molecular weight excluding hydrogens is 194 g/mol. The van der Waals surface area contributed by atoms with E-state index in [9.17, 15) is 0 Å². The molecule has 0 bridgehead atoms. The van der Waals surface area contributed by atoms with E-state index in [1.165, 1.54) is 24.1 Å². The Morgan fingerprint density at radius 1 is 1.64 bits per heavy atom. The normalized spacial score (nSPS) is 21.3. The Labute approximate surface area is 88.0 Å². The van der Waals surface area contributed by atoms with Crippen LogP contribution in [-0.2, 0) is 6.54 Å². The number of aromatic nitrogens is 1. The molecule has 1 aromatic rings. The van der Waals surface area contributed by atoms with Crippen LogP contribution >= 0.6 is 11.3 Å². The molecule has 0 spiro atoms. The van der Waals surface area contributed by atoms with E-state index in [0.717, 1.165) is 6.54 Å². The lowest BCUT2D eigenvalue weighted by Crippen LogP contribution is -2.27. The van der Waals surface area contributed by atoms with Crippen molar-refractivity contribution in [3.63, 3.8) is 0 Å². The number of nitrogens with zero attached hydrogens (tertiary/aromatic N) is 1. The molecule has 76 valence electrons. The Morgan fingerprint density at radius 2 is 2.57 bits per heavy atom. The zero-order chi connectivity index (χ0) is 9.80. The number of thiazole rings is 1. The average molecular weight is 209 g/mol. The highest BCUT2D eigenvalue weighted by Crippen LogP contribution is 2.15. The van der Waals surface area contributed by atoms with Gasteiger partial charge >= 0.3 is 0 Å². The summed E-state index contributed by atoms with van der Waals surface area (Å²) in [6, 6.07) is 0.534. The molecule has 0 saturated heterocycles. The Hall–Kier alpha value is -0.870. The van der Waals surface area contributed by atoms with Crippen molar-refractivity contribution in [2.24, 2.45) is 0 Å². The number of allylic oxidation sites excluding steroid dienone is 1. The molecular formula is C10H15N3S. The summed E-state index contributed by atoms with van der Waals surface area (Å²) in [5.41, 5.74) is 5.55. The van der Waals surface area contributed by atoms with Crippen LogP contribution in [0.2, 0.25) is 0 Å². The van der Waals surface area contributed by atoms with E-state index in [2.05, 4.69) is 22.5 Å². The summed E-state index contributed by atoms with van der Waals surface area (Å²) in [5, 5.41) is 4.13. The number of nitrogens with two attached hydrogens (primary N) is 1. The number of rotatable bonds is 3. The minimum absolute atomic E-state index is 0.534. The van der Waals surface area contributed by atoms with Gasteiger partial charge < -0.3 is 11.1 Å². The first kappa shape index (κ1) is 9.68. The summed E-state index contributed by atoms with van der Waals surface area (Å²) in [7, 11) is 0. The van der Waals surface area contributed by atoms with Crippen molar-refractivity contribution in [1.82, 2.24) is 10.3 Å². The third kappa shape index (κ3) is 2.56. The molecule has 1 heterocycles. The van der Waals surface area contributed by atoms with Gasteiger partial charge in [-0.1, -0.05) is 12.2 Å². The summed E-state index contributed by atoms with van der Waals surface area (Å²) < 4.78 is 0. The first-order chi connectivity index (χ1) is 6.84. The van der Waals surface area contributed by atoms with Gasteiger partial charge in [0, 0.05) is 23.7 Å². The van der Waals surface area contributed by atoms with Crippen molar-refractivity contribution >= 4 is 16.5 Å². The molecule has 14 heavy (non-hydrogen) atoms. The van der Waals surface area contributed by atoms with Gasteiger partial charge in [-0.25, -0.2) is 4.98 Å². The molecule has 3 nitrogen and oxygen atoms in total. The van der Waals surface area contributed by atoms with Gasteiger partial charge in [0.15, 0.2) is 5.13 Å². The minimum atomic E-state index is 0.534. The molecule has 4 heteroatoms. The zero-order valence-corrected chi connectivity index (χ0v) is 8.89. The van der Waals surface area contributed by atoms with Crippen LogP contribution in [0.1, 0.15) is 24.1 Å². The first-order valence-corrected chi connectivity index (χ1v) is 5.76. The van der Waals surface area contributed by atoms with Crippen molar-refractivity contribution < 1.29 is 0 Å². The number of hydrogen-bond acceptors (Lipinski definition) is 4. The highest BCUT2D eigenvalue weighted by Gasteiger charge is 2.07. The fraction of sp³-hybridized carbons (Fsp3) is 0.500. The molecule has 0 fully saturated rings. The van der Waals surface area contributed by atoms with E-state index in [1.807, 2.05) is 6.20 Å². The maximum absolute atomic E-state index is 5.55. The molecule has 0 radical (unpaired) electrons. The van der Waals surface area contributed by atoms with Crippen molar-refractivity contribution in [2.75, 3.05) is 5.73 Å². The standard InChI is InChI=1S/C10H15N3S/c11-10-13-7-9(14-10)6-12-8-4-2-1-3-5-8/h2,4,7-8,12H,1,3,5-6H2,(H2,11,13). The molecule has 0 aromatic carbocycles. The first-order valence-electron chi connectivity index (χ1n) is 4.95. The van der Waals surface area contributed by atoms with Gasteiger partial charge in [0.25, 0.3) is 0 Å². The van der Waals surface area contributed by atoms with Crippen molar-refractivity contribution in [3.05, 3.63) is 23.2 Å². The predicted octanol–water partition coefficient (Wildman–Crippen LogP) is 1.92. The molecule has 0 aliphatic heterocycles. The predicted molar refractivity (Wildman–Crippen MR) is 60.1 cm³/mol. The Bertz CT molecular complexity index is 319. The van der Waals surface area contributed by atoms with Gasteiger partial charge in [0.05, 0.1) is 0 Å². The Balaban J connectivity index is 1.82. The summed E-state index contributed by atoms with van der Waals surface area (Å²) in [6.45, 7) is 0.879. The van der Waals surface area contributed by atoms with Gasteiger partial charge in [0.2, 0.25) is 0 Å². The van der Waals surface area contributed by atoms with Crippen LogP contribution in [0.3, 0.4) is 0 Å². The second-order valence-electron chi connectivity index (χ2n) is 3.51. The fourth-order valence-corrected chi connectivity index (χ4v) is 2.25. The lowest BCUT2D eigenvalue weighted by Gasteiger charge is -2.17. The maximum Gasteiger partial charge on any atom is 0.180 e. The second kappa shape index (κ2) is 4.57. The molecule has 1 aliphatic carbocycles. The molecule has 2 rings (SSSR count). The highest BCUT2D eigenvalue weighted by molar-refractivity contribution is 7.15. The molecule has 0 saturated carbocycles. The van der Waals surface area contributed by atoms with Gasteiger partial charge in [0.1, 0.15) is 0 Å². The third-order valence-electron chi connectivity index (χ3n) is 2.36. The summed E-state index contributed by atoms with van der Waals surface area (Å²) >= 11 is 1.56. The topological polar surface area (TPSA) is 50.9 Å². The molecule has 1 unspecified atom stereocenters. The van der Waals surface area contributed by atoms with Crippen LogP contribution in [0.15, 0.2) is 18.3 Å². The van der Waals surface area contributed by atoms with Crippen LogP contribution in [-0.4, -0.2) is 11.0 Å². The number of anilines is 1. The van der Waals surface area contributed by atoms with Crippen molar-refractivity contribution in [2.45, 2.75) is 31.8 Å². The van der Waals surface area contributed by atoms with Gasteiger partial charge in [-0.2, -0.15) is 0 Å². The minimum Gasteiger partial charge on any atom is -0.375 e. The smallest absolute Gasteiger partial charge is 0.180 e. The molecule has 3 N–H and O–H groups in total. The van der Waals surface area contributed by atoms with Crippen molar-refractivity contribution in [1.29, 1.82) is 0 Å². The molecule has 0 amide bonds. The largest absolute Gasteiger partial charge is 0.375 e. The number of nitrogens with one attached hydrogen (secondary N) is 1. The lowest BCUT2D eigenvalue weighted by atomic mass is 10.0. The van der Waals surface area contributed by atoms with E-state index in [1.54, 1.807) is 11.3 Å². The fourth-order valence-electron chi connectivity index (χ4n) is 1.62. The SMILES string of the molecule is Nc1ncc(CNC2C=CCCC2)s1. The van der Waals surface area contributed by atoms with Gasteiger partial charge in [-0.05, 0) is 19.3 Å². The van der Waals surface area contributed by atoms with Gasteiger partial charge in [-0.15, -0.1) is 11.3 Å². The summed E-state index contributed by atoms with van der Waals surface area (Å²) in [6.07, 6.45) is 10.1. The van der Waals surface area contributed by atoms with E-state index < -0.39 is 0 Å². The Morgan fingerprint density at radius 3 is 3.21 bits per heavy atom. The van der Waals surface area contributed by atoms with Crippen LogP contribution in [0.5, 0.6) is 0 Å². The molecule has 1 atom stereocenters.